The Kier molecular flexibility index (Phi) is 6.78. The molecular formula is C22H21N3O4. The second kappa shape index (κ2) is 9.89. The van der Waals surface area contributed by atoms with Gasteiger partial charge in [0.05, 0.1) is 25.6 Å². The van der Waals surface area contributed by atoms with Gasteiger partial charge in [-0.25, -0.2) is 0 Å². The van der Waals surface area contributed by atoms with E-state index in [2.05, 4.69) is 15.5 Å². The van der Waals surface area contributed by atoms with Crippen LogP contribution in [0.3, 0.4) is 0 Å². The van der Waals surface area contributed by atoms with Gasteiger partial charge >= 0.3 is 0 Å². The van der Waals surface area contributed by atoms with E-state index in [0.717, 1.165) is 5.69 Å². The van der Waals surface area contributed by atoms with Gasteiger partial charge in [-0.15, -0.1) is 0 Å². The zero-order valence-electron chi connectivity index (χ0n) is 16.2. The predicted molar refractivity (Wildman–Crippen MR) is 111 cm³/mol. The minimum Gasteiger partial charge on any atom is -0.493 e. The summed E-state index contributed by atoms with van der Waals surface area (Å²) in [5.74, 6) is 1.05. The molecule has 3 aromatic rings. The van der Waals surface area contributed by atoms with Gasteiger partial charge < -0.3 is 19.5 Å². The fraction of sp³-hybridized carbons (Fsp3) is 0.136. The van der Waals surface area contributed by atoms with E-state index in [1.807, 2.05) is 30.3 Å². The highest BCUT2D eigenvalue weighted by Gasteiger charge is 2.13. The monoisotopic (exact) mass is 391 g/mol. The van der Waals surface area contributed by atoms with Gasteiger partial charge in [0.2, 0.25) is 5.75 Å². The molecule has 7 nitrogen and oxygen atoms in total. The number of hydrogen-bond donors (Lipinski definition) is 1. The zero-order chi connectivity index (χ0) is 20.5. The Morgan fingerprint density at radius 1 is 0.793 bits per heavy atom. The summed E-state index contributed by atoms with van der Waals surface area (Å²) >= 11 is 0. The summed E-state index contributed by atoms with van der Waals surface area (Å²) in [5.41, 5.74) is 2.08. The second-order valence-electron chi connectivity index (χ2n) is 5.91. The average Bonchev–Trinajstić information content (AvgIpc) is 2.77. The summed E-state index contributed by atoms with van der Waals surface area (Å²) in [6.07, 6.45) is 0. The van der Waals surface area contributed by atoms with Crippen LogP contribution in [0.15, 0.2) is 83.0 Å². The van der Waals surface area contributed by atoms with Crippen molar-refractivity contribution in [3.8, 4) is 17.2 Å². The molecule has 0 aliphatic rings. The number of nitrogens with zero attached hydrogens (tertiary/aromatic N) is 2. The number of carbonyl (C=O) groups excluding carboxylic acids is 1. The van der Waals surface area contributed by atoms with Crippen LogP contribution < -0.4 is 19.5 Å². The van der Waals surface area contributed by atoms with Crippen LogP contribution in [0.4, 0.5) is 17.1 Å². The van der Waals surface area contributed by atoms with E-state index in [-0.39, 0.29) is 12.5 Å². The maximum absolute atomic E-state index is 12.2. The average molecular weight is 391 g/mol. The number of benzene rings is 3. The lowest BCUT2D eigenvalue weighted by Gasteiger charge is -2.14. The quantitative estimate of drug-likeness (QED) is 0.539. The third kappa shape index (κ3) is 5.55. The van der Waals surface area contributed by atoms with Gasteiger partial charge in [0.1, 0.15) is 0 Å². The van der Waals surface area contributed by atoms with Crippen LogP contribution in [0.2, 0.25) is 0 Å². The van der Waals surface area contributed by atoms with Crippen molar-refractivity contribution >= 4 is 23.0 Å². The Morgan fingerprint density at radius 3 is 1.97 bits per heavy atom. The van der Waals surface area contributed by atoms with E-state index in [4.69, 9.17) is 14.2 Å². The Hall–Kier alpha value is -3.87. The molecule has 0 radical (unpaired) electrons. The van der Waals surface area contributed by atoms with Gasteiger partial charge in [-0.1, -0.05) is 24.3 Å². The van der Waals surface area contributed by atoms with Crippen molar-refractivity contribution in [3.05, 3.63) is 72.8 Å². The standard InChI is InChI=1S/C22H21N3O4/c1-27-19-9-6-10-20(28-2)22(19)29-15-21(26)23-16-11-13-18(14-12-16)25-24-17-7-4-3-5-8-17/h3-14H,15H2,1-2H3,(H,23,26). The van der Waals surface area contributed by atoms with Crippen molar-refractivity contribution in [2.45, 2.75) is 0 Å². The Balaban J connectivity index is 1.57. The molecule has 0 aromatic heterocycles. The van der Waals surface area contributed by atoms with Crippen LogP contribution in [-0.2, 0) is 4.79 Å². The molecule has 0 saturated carbocycles. The summed E-state index contributed by atoms with van der Waals surface area (Å²) in [6.45, 7) is -0.188. The number of rotatable bonds is 8. The first-order chi connectivity index (χ1) is 14.2. The highest BCUT2D eigenvalue weighted by atomic mass is 16.5. The molecule has 0 bridgehead atoms. The van der Waals surface area contributed by atoms with E-state index in [9.17, 15) is 4.79 Å². The first-order valence-corrected chi connectivity index (χ1v) is 8.90. The van der Waals surface area contributed by atoms with Crippen LogP contribution in [0.25, 0.3) is 0 Å². The molecule has 29 heavy (non-hydrogen) atoms. The van der Waals surface area contributed by atoms with Gasteiger partial charge in [-0.05, 0) is 48.5 Å². The number of methoxy groups -OCH3 is 2. The highest BCUT2D eigenvalue weighted by Crippen LogP contribution is 2.36. The fourth-order valence-corrected chi connectivity index (χ4v) is 2.52. The molecule has 0 atom stereocenters. The molecule has 0 unspecified atom stereocenters. The van der Waals surface area contributed by atoms with Crippen LogP contribution >= 0.6 is 0 Å². The fourth-order valence-electron chi connectivity index (χ4n) is 2.52. The minimum absolute atomic E-state index is 0.188. The lowest BCUT2D eigenvalue weighted by molar-refractivity contribution is -0.118. The molecule has 0 spiro atoms. The van der Waals surface area contributed by atoms with E-state index in [0.29, 0.717) is 28.6 Å². The largest absolute Gasteiger partial charge is 0.493 e. The number of azo groups is 1. The van der Waals surface area contributed by atoms with Crippen molar-refractivity contribution in [1.82, 2.24) is 0 Å². The molecule has 0 aliphatic heterocycles. The number of hydrogen-bond acceptors (Lipinski definition) is 6. The smallest absolute Gasteiger partial charge is 0.262 e. The lowest BCUT2D eigenvalue weighted by atomic mass is 10.3. The first kappa shape index (κ1) is 19.9. The summed E-state index contributed by atoms with van der Waals surface area (Å²) in [6, 6.07) is 21.7. The molecule has 3 aromatic carbocycles. The SMILES string of the molecule is COc1cccc(OC)c1OCC(=O)Nc1ccc(N=Nc2ccccc2)cc1. The van der Waals surface area contributed by atoms with Gasteiger partial charge in [0, 0.05) is 5.69 Å². The van der Waals surface area contributed by atoms with E-state index < -0.39 is 0 Å². The van der Waals surface area contributed by atoms with Crippen LogP contribution in [0.1, 0.15) is 0 Å². The molecule has 0 fully saturated rings. The molecular weight excluding hydrogens is 370 g/mol. The predicted octanol–water partition coefficient (Wildman–Crippen LogP) is 5.14. The normalized spacial score (nSPS) is 10.6. The van der Waals surface area contributed by atoms with Crippen LogP contribution in [0, 0.1) is 0 Å². The summed E-state index contributed by atoms with van der Waals surface area (Å²) in [5, 5.41) is 11.1. The Bertz CT molecular complexity index is 951. The zero-order valence-corrected chi connectivity index (χ0v) is 16.2. The molecule has 1 amide bonds. The van der Waals surface area contributed by atoms with Crippen molar-refractivity contribution in [1.29, 1.82) is 0 Å². The van der Waals surface area contributed by atoms with E-state index in [1.165, 1.54) is 14.2 Å². The van der Waals surface area contributed by atoms with Crippen molar-refractivity contribution < 1.29 is 19.0 Å². The third-order valence-electron chi connectivity index (χ3n) is 3.92. The molecule has 148 valence electrons. The maximum Gasteiger partial charge on any atom is 0.262 e. The first-order valence-electron chi connectivity index (χ1n) is 8.90. The van der Waals surface area contributed by atoms with E-state index >= 15 is 0 Å². The van der Waals surface area contributed by atoms with E-state index in [1.54, 1.807) is 42.5 Å². The molecule has 3 rings (SSSR count). The summed E-state index contributed by atoms with van der Waals surface area (Å²) < 4.78 is 16.1. The number of carbonyl (C=O) groups is 1. The van der Waals surface area contributed by atoms with Crippen molar-refractivity contribution in [2.24, 2.45) is 10.2 Å². The number of anilines is 1. The maximum atomic E-state index is 12.2. The van der Waals surface area contributed by atoms with Crippen LogP contribution in [0.5, 0.6) is 17.2 Å². The number of amides is 1. The van der Waals surface area contributed by atoms with Gasteiger partial charge in [-0.3, -0.25) is 4.79 Å². The molecule has 1 N–H and O–H groups in total. The van der Waals surface area contributed by atoms with Gasteiger partial charge in [-0.2, -0.15) is 10.2 Å². The second-order valence-corrected chi connectivity index (χ2v) is 5.91. The van der Waals surface area contributed by atoms with Crippen LogP contribution in [-0.4, -0.2) is 26.7 Å². The van der Waals surface area contributed by atoms with Crippen molar-refractivity contribution in [3.63, 3.8) is 0 Å². The Morgan fingerprint density at radius 2 is 1.38 bits per heavy atom. The third-order valence-corrected chi connectivity index (χ3v) is 3.92. The highest BCUT2D eigenvalue weighted by molar-refractivity contribution is 5.92. The number of nitrogens with one attached hydrogen (secondary N) is 1. The molecule has 0 aliphatic carbocycles. The summed E-state index contributed by atoms with van der Waals surface area (Å²) in [4.78, 5) is 12.2. The number of ether oxygens (including phenoxy) is 3. The lowest BCUT2D eigenvalue weighted by Crippen LogP contribution is -2.20. The summed E-state index contributed by atoms with van der Waals surface area (Å²) in [7, 11) is 3.05. The topological polar surface area (TPSA) is 81.5 Å². The molecule has 0 saturated heterocycles. The molecule has 0 heterocycles. The number of para-hydroxylation sites is 1. The molecule has 7 heteroatoms. The Labute approximate surface area is 169 Å². The van der Waals surface area contributed by atoms with Crippen molar-refractivity contribution in [2.75, 3.05) is 26.1 Å². The van der Waals surface area contributed by atoms with Gasteiger partial charge in [0.25, 0.3) is 5.91 Å². The van der Waals surface area contributed by atoms with Gasteiger partial charge in [0.15, 0.2) is 18.1 Å². The minimum atomic E-state index is -0.309.